The quantitative estimate of drug-likeness (QED) is 0.459. The third-order valence-corrected chi connectivity index (χ3v) is 1.99. The molecule has 1 N–H and O–H groups in total. The van der Waals surface area contributed by atoms with Gasteiger partial charge in [-0.15, -0.1) is 0 Å². The average Bonchev–Trinajstić information content (AvgIpc) is 2.45. The van der Waals surface area contributed by atoms with Crippen molar-refractivity contribution in [2.45, 2.75) is 37.6 Å². The predicted molar refractivity (Wildman–Crippen MR) is 28.5 cm³/mol. The summed E-state index contributed by atoms with van der Waals surface area (Å²) in [7, 11) is 0. The minimum absolute atomic E-state index is 0.145. The van der Waals surface area contributed by atoms with Crippen LogP contribution in [0.2, 0.25) is 0 Å². The first kappa shape index (κ1) is 4.77. The molecule has 1 aliphatic heterocycles. The summed E-state index contributed by atoms with van der Waals surface area (Å²) in [5.41, 5.74) is 0. The third-order valence-electron chi connectivity index (χ3n) is 1.99. The van der Waals surface area contributed by atoms with Crippen LogP contribution in [0.5, 0.6) is 0 Å². The highest BCUT2D eigenvalue weighted by Crippen LogP contribution is 2.36. The number of epoxide rings is 1. The second-order valence-electron chi connectivity index (χ2n) is 2.64. The molecule has 0 bridgehead atoms. The molecule has 1 aliphatic carbocycles. The Morgan fingerprint density at radius 3 is 2.88 bits per heavy atom. The Bertz CT molecular complexity index is 103. The van der Waals surface area contributed by atoms with E-state index in [2.05, 4.69) is 0 Å². The summed E-state index contributed by atoms with van der Waals surface area (Å²) in [6.07, 6.45) is 3.77. The molecule has 2 rings (SSSR count). The lowest BCUT2D eigenvalue weighted by Crippen LogP contribution is -2.20. The first-order valence-corrected chi connectivity index (χ1v) is 3.21. The van der Waals surface area contributed by atoms with E-state index in [1.807, 2.05) is 0 Å². The van der Waals surface area contributed by atoms with Crippen LogP contribution in [0.3, 0.4) is 0 Å². The highest BCUT2D eigenvalue weighted by molar-refractivity contribution is 4.94. The van der Waals surface area contributed by atoms with Crippen LogP contribution in [0.25, 0.3) is 0 Å². The van der Waals surface area contributed by atoms with Gasteiger partial charge in [0.2, 0.25) is 0 Å². The lowest BCUT2D eigenvalue weighted by atomic mass is 9.98. The first-order valence-electron chi connectivity index (χ1n) is 3.21. The molecule has 8 heavy (non-hydrogen) atoms. The van der Waals surface area contributed by atoms with Crippen molar-refractivity contribution in [3.63, 3.8) is 0 Å². The van der Waals surface area contributed by atoms with Crippen LogP contribution in [0.1, 0.15) is 19.3 Å². The molecular formula is C6H10O2. The number of hydrogen-bond acceptors (Lipinski definition) is 2. The zero-order chi connectivity index (χ0) is 5.56. The standard InChI is InChI=1S/C6H10O2/c7-4-2-1-3-5-6(4)8-5/h4-7H,1-3H2/t4?,5?,6-/m0/s1. The van der Waals surface area contributed by atoms with Crippen LogP contribution in [-0.2, 0) is 4.74 Å². The van der Waals surface area contributed by atoms with Crippen molar-refractivity contribution in [3.05, 3.63) is 0 Å². The van der Waals surface area contributed by atoms with Crippen LogP contribution < -0.4 is 0 Å². The zero-order valence-corrected chi connectivity index (χ0v) is 4.71. The number of aliphatic hydroxyl groups excluding tert-OH is 1. The second kappa shape index (κ2) is 1.45. The Morgan fingerprint density at radius 1 is 1.38 bits per heavy atom. The first-order chi connectivity index (χ1) is 3.88. The molecule has 2 heteroatoms. The molecule has 3 atom stereocenters. The Morgan fingerprint density at radius 2 is 2.25 bits per heavy atom. The SMILES string of the molecule is OC1CCCC2O[C@@H]12. The van der Waals surface area contributed by atoms with Gasteiger partial charge in [0, 0.05) is 0 Å². The van der Waals surface area contributed by atoms with Crippen LogP contribution in [-0.4, -0.2) is 23.4 Å². The summed E-state index contributed by atoms with van der Waals surface area (Å²) in [6, 6.07) is 0. The van der Waals surface area contributed by atoms with Crippen LogP contribution in [0, 0.1) is 0 Å². The smallest absolute Gasteiger partial charge is 0.110 e. The van der Waals surface area contributed by atoms with Gasteiger partial charge in [0.25, 0.3) is 0 Å². The van der Waals surface area contributed by atoms with Gasteiger partial charge in [-0.05, 0) is 19.3 Å². The molecule has 0 amide bonds. The summed E-state index contributed by atoms with van der Waals surface area (Å²) >= 11 is 0. The van der Waals surface area contributed by atoms with Crippen molar-refractivity contribution < 1.29 is 9.84 Å². The molecule has 1 saturated carbocycles. The van der Waals surface area contributed by atoms with Gasteiger partial charge in [-0.2, -0.15) is 0 Å². The largest absolute Gasteiger partial charge is 0.390 e. The molecule has 1 saturated heterocycles. The fourth-order valence-electron chi connectivity index (χ4n) is 1.42. The van der Waals surface area contributed by atoms with Crippen molar-refractivity contribution in [1.29, 1.82) is 0 Å². The fraction of sp³-hybridized carbons (Fsp3) is 1.00. The van der Waals surface area contributed by atoms with Crippen molar-refractivity contribution in [2.24, 2.45) is 0 Å². The molecule has 2 fully saturated rings. The minimum Gasteiger partial charge on any atom is -0.390 e. The minimum atomic E-state index is -0.145. The summed E-state index contributed by atoms with van der Waals surface area (Å²) in [5, 5.41) is 9.09. The van der Waals surface area contributed by atoms with Gasteiger partial charge in [0.05, 0.1) is 12.2 Å². The van der Waals surface area contributed by atoms with Crippen molar-refractivity contribution in [1.82, 2.24) is 0 Å². The van der Waals surface area contributed by atoms with Gasteiger partial charge >= 0.3 is 0 Å². The number of ether oxygens (including phenoxy) is 1. The number of rotatable bonds is 0. The van der Waals surface area contributed by atoms with E-state index in [1.165, 1.54) is 6.42 Å². The van der Waals surface area contributed by atoms with Gasteiger partial charge in [0.15, 0.2) is 0 Å². The van der Waals surface area contributed by atoms with E-state index in [1.54, 1.807) is 0 Å². The predicted octanol–water partition coefficient (Wildman–Crippen LogP) is 0.299. The number of fused-ring (bicyclic) bond motifs is 1. The van der Waals surface area contributed by atoms with Crippen LogP contribution >= 0.6 is 0 Å². The van der Waals surface area contributed by atoms with E-state index in [0.717, 1.165) is 12.8 Å². The van der Waals surface area contributed by atoms with E-state index in [4.69, 9.17) is 9.84 Å². The van der Waals surface area contributed by atoms with Gasteiger partial charge in [0.1, 0.15) is 6.10 Å². The molecule has 2 aliphatic rings. The van der Waals surface area contributed by atoms with Crippen molar-refractivity contribution >= 4 is 0 Å². The molecule has 46 valence electrons. The summed E-state index contributed by atoms with van der Waals surface area (Å²) in [5.74, 6) is 0. The molecule has 2 nitrogen and oxygen atoms in total. The van der Waals surface area contributed by atoms with Crippen LogP contribution in [0.4, 0.5) is 0 Å². The number of hydrogen-bond donors (Lipinski definition) is 1. The molecule has 0 aromatic rings. The Labute approximate surface area is 48.5 Å². The molecule has 0 aromatic carbocycles. The van der Waals surface area contributed by atoms with E-state index >= 15 is 0 Å². The van der Waals surface area contributed by atoms with E-state index in [-0.39, 0.29) is 12.2 Å². The highest BCUT2D eigenvalue weighted by atomic mass is 16.6. The maximum absolute atomic E-state index is 9.09. The third kappa shape index (κ3) is 0.565. The van der Waals surface area contributed by atoms with E-state index in [0.29, 0.717) is 6.10 Å². The Balaban J connectivity index is 1.99. The second-order valence-corrected chi connectivity index (χ2v) is 2.64. The molecular weight excluding hydrogens is 104 g/mol. The van der Waals surface area contributed by atoms with Gasteiger partial charge < -0.3 is 9.84 Å². The highest BCUT2D eigenvalue weighted by Gasteiger charge is 2.46. The molecule has 2 unspecified atom stereocenters. The monoisotopic (exact) mass is 114 g/mol. The topological polar surface area (TPSA) is 32.8 Å². The van der Waals surface area contributed by atoms with E-state index in [9.17, 15) is 0 Å². The van der Waals surface area contributed by atoms with E-state index < -0.39 is 0 Å². The molecule has 0 radical (unpaired) electrons. The fourth-order valence-corrected chi connectivity index (χ4v) is 1.42. The zero-order valence-electron chi connectivity index (χ0n) is 4.71. The normalized spacial score (nSPS) is 52.9. The lowest BCUT2D eigenvalue weighted by molar-refractivity contribution is 0.124. The number of aliphatic hydroxyl groups is 1. The molecule has 0 aromatic heterocycles. The van der Waals surface area contributed by atoms with Gasteiger partial charge in [-0.25, -0.2) is 0 Å². The van der Waals surface area contributed by atoms with Gasteiger partial charge in [-0.3, -0.25) is 0 Å². The van der Waals surface area contributed by atoms with Crippen LogP contribution in [0.15, 0.2) is 0 Å². The summed E-state index contributed by atoms with van der Waals surface area (Å²) in [4.78, 5) is 0. The molecule has 1 heterocycles. The molecule has 0 spiro atoms. The Kier molecular flexibility index (Phi) is 0.866. The average molecular weight is 114 g/mol. The van der Waals surface area contributed by atoms with Crippen molar-refractivity contribution in [3.8, 4) is 0 Å². The van der Waals surface area contributed by atoms with Gasteiger partial charge in [-0.1, -0.05) is 0 Å². The van der Waals surface area contributed by atoms with Crippen molar-refractivity contribution in [2.75, 3.05) is 0 Å². The summed E-state index contributed by atoms with van der Waals surface area (Å²) < 4.78 is 5.14. The summed E-state index contributed by atoms with van der Waals surface area (Å²) in [6.45, 7) is 0. The maximum atomic E-state index is 9.09. The maximum Gasteiger partial charge on any atom is 0.110 e. The lowest BCUT2D eigenvalue weighted by Gasteiger charge is -2.10. The Hall–Kier alpha value is -0.0800.